The van der Waals surface area contributed by atoms with E-state index in [1.54, 1.807) is 0 Å². The summed E-state index contributed by atoms with van der Waals surface area (Å²) in [6, 6.07) is 4.16. The van der Waals surface area contributed by atoms with E-state index in [1.165, 1.54) is 31.5 Å². The molecule has 1 aliphatic heterocycles. The van der Waals surface area contributed by atoms with E-state index in [9.17, 15) is 14.0 Å². The molecule has 0 radical (unpaired) electrons. The number of carbonyl (C=O) groups is 2. The second-order valence-corrected chi connectivity index (χ2v) is 5.42. The summed E-state index contributed by atoms with van der Waals surface area (Å²) < 4.78 is 18.5. The average molecular weight is 325 g/mol. The largest absolute Gasteiger partial charge is 0.497 e. The van der Waals surface area contributed by atoms with Gasteiger partial charge in [0.15, 0.2) is 5.17 Å². The Bertz CT molecular complexity index is 663. The summed E-state index contributed by atoms with van der Waals surface area (Å²) in [5.74, 6) is -1.53. The lowest BCUT2D eigenvalue weighted by molar-refractivity contribution is -0.138. The molecule has 0 bridgehead atoms. The van der Waals surface area contributed by atoms with Crippen molar-refractivity contribution in [1.82, 2.24) is 5.32 Å². The number of nitrogens with zero attached hydrogens (tertiary/aromatic N) is 2. The molecule has 0 aliphatic carbocycles. The molecular weight excluding hydrogens is 313 g/mol. The summed E-state index contributed by atoms with van der Waals surface area (Å²) >= 11 is 0.970. The van der Waals surface area contributed by atoms with Gasteiger partial charge in [0.1, 0.15) is 16.8 Å². The highest BCUT2D eigenvalue weighted by atomic mass is 32.2. The summed E-state index contributed by atoms with van der Waals surface area (Å²) in [4.78, 5) is 22.1. The van der Waals surface area contributed by atoms with Crippen molar-refractivity contribution in [2.75, 3.05) is 7.11 Å². The first kappa shape index (κ1) is 16.0. The van der Waals surface area contributed by atoms with Gasteiger partial charge >= 0.3 is 5.97 Å². The molecule has 22 heavy (non-hydrogen) atoms. The fraction of sp³-hybridized carbons (Fsp3) is 0.231. The van der Waals surface area contributed by atoms with Gasteiger partial charge in [0.05, 0.1) is 19.7 Å². The van der Waals surface area contributed by atoms with Gasteiger partial charge in [-0.3, -0.25) is 9.59 Å². The number of carbonyl (C=O) groups excluding carboxylic acids is 1. The van der Waals surface area contributed by atoms with Crippen molar-refractivity contribution in [2.45, 2.75) is 11.7 Å². The zero-order valence-electron chi connectivity index (χ0n) is 11.4. The number of ether oxygens (including phenoxy) is 1. The van der Waals surface area contributed by atoms with Crippen molar-refractivity contribution < 1.29 is 23.8 Å². The summed E-state index contributed by atoms with van der Waals surface area (Å²) in [5.41, 5.74) is 0.181. The fourth-order valence-electron chi connectivity index (χ4n) is 1.64. The van der Waals surface area contributed by atoms with E-state index in [1.807, 2.05) is 0 Å². The van der Waals surface area contributed by atoms with E-state index < -0.39 is 22.9 Å². The topological polar surface area (TPSA) is 100 Å². The van der Waals surface area contributed by atoms with Gasteiger partial charge in [0.2, 0.25) is 5.91 Å². The zero-order chi connectivity index (χ0) is 16.1. The predicted octanol–water partition coefficient (Wildman–Crippen LogP) is 1.23. The normalized spacial score (nSPS) is 19.6. The Morgan fingerprint density at radius 3 is 3.05 bits per heavy atom. The molecule has 2 rings (SSSR count). The van der Waals surface area contributed by atoms with Crippen LogP contribution in [0.3, 0.4) is 0 Å². The third-order valence-electron chi connectivity index (χ3n) is 2.69. The SMILES string of the molecule is COc1ccc(F)c(C=NN=C2NC(=O)C(CC(=O)O)S2)c1. The van der Waals surface area contributed by atoms with Gasteiger partial charge in [0, 0.05) is 5.56 Å². The molecule has 0 spiro atoms. The van der Waals surface area contributed by atoms with Crippen LogP contribution in [0.4, 0.5) is 4.39 Å². The zero-order valence-corrected chi connectivity index (χ0v) is 12.3. The second kappa shape index (κ2) is 7.03. The third-order valence-corrected chi connectivity index (χ3v) is 3.76. The first-order valence-corrected chi connectivity index (χ1v) is 7.01. The molecule has 0 saturated carbocycles. The number of amidine groups is 1. The van der Waals surface area contributed by atoms with Gasteiger partial charge in [-0.25, -0.2) is 4.39 Å². The van der Waals surface area contributed by atoms with Crippen LogP contribution in [0.5, 0.6) is 5.75 Å². The standard InChI is InChI=1S/C13H12FN3O4S/c1-21-8-2-3-9(14)7(4-8)6-15-17-13-16-12(20)10(22-13)5-11(18)19/h2-4,6,10H,5H2,1H3,(H,18,19)(H,16,17,20). The molecule has 9 heteroatoms. The van der Waals surface area contributed by atoms with Crippen LogP contribution in [-0.4, -0.2) is 40.7 Å². The smallest absolute Gasteiger partial charge is 0.305 e. The molecule has 1 heterocycles. The number of aliphatic carboxylic acids is 1. The highest BCUT2D eigenvalue weighted by molar-refractivity contribution is 8.15. The molecule has 1 aromatic carbocycles. The van der Waals surface area contributed by atoms with E-state index in [0.29, 0.717) is 5.75 Å². The number of benzene rings is 1. The van der Waals surface area contributed by atoms with Crippen molar-refractivity contribution in [3.05, 3.63) is 29.6 Å². The quantitative estimate of drug-likeness (QED) is 0.626. The van der Waals surface area contributed by atoms with E-state index in [-0.39, 0.29) is 17.2 Å². The number of hydrogen-bond acceptors (Lipinski definition) is 6. The monoisotopic (exact) mass is 325 g/mol. The lowest BCUT2D eigenvalue weighted by Gasteiger charge is -2.01. The van der Waals surface area contributed by atoms with Crippen molar-refractivity contribution in [3.63, 3.8) is 0 Å². The molecule has 2 N–H and O–H groups in total. The molecule has 1 saturated heterocycles. The van der Waals surface area contributed by atoms with Gasteiger partial charge in [-0.15, -0.1) is 5.10 Å². The van der Waals surface area contributed by atoms with Crippen molar-refractivity contribution in [3.8, 4) is 5.75 Å². The molecule has 1 aliphatic rings. The summed E-state index contributed by atoms with van der Waals surface area (Å²) in [7, 11) is 1.46. The summed E-state index contributed by atoms with van der Waals surface area (Å²) in [6.07, 6.45) is 0.881. The highest BCUT2D eigenvalue weighted by Gasteiger charge is 2.32. The number of rotatable bonds is 5. The molecule has 1 fully saturated rings. The van der Waals surface area contributed by atoms with E-state index in [2.05, 4.69) is 15.5 Å². The second-order valence-electron chi connectivity index (χ2n) is 4.23. The average Bonchev–Trinajstić information content (AvgIpc) is 2.80. The molecule has 1 unspecified atom stereocenters. The number of nitrogens with one attached hydrogen (secondary N) is 1. The van der Waals surface area contributed by atoms with Gasteiger partial charge in [0.25, 0.3) is 0 Å². The molecule has 116 valence electrons. The van der Waals surface area contributed by atoms with Gasteiger partial charge in [-0.1, -0.05) is 11.8 Å². The number of amides is 1. The minimum absolute atomic E-state index is 0.177. The van der Waals surface area contributed by atoms with Crippen molar-refractivity contribution in [1.29, 1.82) is 0 Å². The number of halogens is 1. The number of carboxylic acids is 1. The minimum Gasteiger partial charge on any atom is -0.497 e. The predicted molar refractivity (Wildman–Crippen MR) is 79.8 cm³/mol. The summed E-state index contributed by atoms with van der Waals surface area (Å²) in [6.45, 7) is 0. The highest BCUT2D eigenvalue weighted by Crippen LogP contribution is 2.22. The van der Waals surface area contributed by atoms with Crippen LogP contribution < -0.4 is 10.1 Å². The number of carboxylic acid groups (broad SMARTS) is 1. The summed E-state index contributed by atoms with van der Waals surface area (Å²) in [5, 5.41) is 18.0. The fourth-order valence-corrected chi connectivity index (χ4v) is 2.55. The van der Waals surface area contributed by atoms with Crippen LogP contribution in [0.25, 0.3) is 0 Å². The van der Waals surface area contributed by atoms with Gasteiger partial charge in [-0.05, 0) is 18.2 Å². The molecule has 1 aromatic rings. The Morgan fingerprint density at radius 1 is 1.59 bits per heavy atom. The maximum atomic E-state index is 13.5. The van der Waals surface area contributed by atoms with Gasteiger partial charge in [-0.2, -0.15) is 5.10 Å². The van der Waals surface area contributed by atoms with Crippen LogP contribution in [0.2, 0.25) is 0 Å². The number of hydrogen-bond donors (Lipinski definition) is 2. The van der Waals surface area contributed by atoms with Crippen LogP contribution in [0, 0.1) is 5.82 Å². The molecule has 0 aromatic heterocycles. The molecule has 1 amide bonds. The van der Waals surface area contributed by atoms with Crippen LogP contribution in [-0.2, 0) is 9.59 Å². The van der Waals surface area contributed by atoms with Crippen LogP contribution in [0.15, 0.2) is 28.4 Å². The van der Waals surface area contributed by atoms with Gasteiger partial charge < -0.3 is 15.2 Å². The Labute approximate surface area is 129 Å². The van der Waals surface area contributed by atoms with E-state index >= 15 is 0 Å². The first-order valence-electron chi connectivity index (χ1n) is 6.13. The van der Waals surface area contributed by atoms with Crippen LogP contribution in [0.1, 0.15) is 12.0 Å². The number of methoxy groups -OCH3 is 1. The molecule has 1 atom stereocenters. The Kier molecular flexibility index (Phi) is 5.10. The third kappa shape index (κ3) is 4.04. The maximum Gasteiger partial charge on any atom is 0.305 e. The Balaban J connectivity index is 2.06. The molecule has 7 nitrogen and oxygen atoms in total. The van der Waals surface area contributed by atoms with Crippen LogP contribution >= 0.6 is 11.8 Å². The minimum atomic E-state index is -1.07. The van der Waals surface area contributed by atoms with E-state index in [4.69, 9.17) is 9.84 Å². The number of thioether (sulfide) groups is 1. The maximum absolute atomic E-state index is 13.5. The van der Waals surface area contributed by atoms with Crippen molar-refractivity contribution >= 4 is 35.0 Å². The lowest BCUT2D eigenvalue weighted by atomic mass is 10.2. The Hall–Kier alpha value is -2.42. The lowest BCUT2D eigenvalue weighted by Crippen LogP contribution is -2.26. The van der Waals surface area contributed by atoms with E-state index in [0.717, 1.165) is 11.8 Å². The molecular formula is C13H12FN3O4S. The Morgan fingerprint density at radius 2 is 2.36 bits per heavy atom. The first-order chi connectivity index (χ1) is 10.5. The van der Waals surface area contributed by atoms with Crippen molar-refractivity contribution in [2.24, 2.45) is 10.2 Å².